The van der Waals surface area contributed by atoms with Crippen molar-refractivity contribution in [2.75, 3.05) is 24.4 Å². The highest BCUT2D eigenvalue weighted by Gasteiger charge is 2.37. The molecule has 5 heteroatoms. The molecule has 3 aromatic carbocycles. The Hall–Kier alpha value is -3.47. The van der Waals surface area contributed by atoms with E-state index in [9.17, 15) is 4.79 Å². The van der Waals surface area contributed by atoms with Gasteiger partial charge in [0.05, 0.1) is 25.3 Å². The number of carbonyl (C=O) groups excluding carboxylic acids is 1. The van der Waals surface area contributed by atoms with E-state index >= 15 is 0 Å². The summed E-state index contributed by atoms with van der Waals surface area (Å²) in [5.41, 5.74) is 2.98. The van der Waals surface area contributed by atoms with E-state index in [0.29, 0.717) is 17.1 Å². The molecule has 0 bridgehead atoms. The Balaban J connectivity index is 1.94. The van der Waals surface area contributed by atoms with Crippen LogP contribution in [0.2, 0.25) is 0 Å². The van der Waals surface area contributed by atoms with Gasteiger partial charge in [0.15, 0.2) is 0 Å². The summed E-state index contributed by atoms with van der Waals surface area (Å²) in [6, 6.07) is 22.7. The molecule has 3 aromatic rings. The number of para-hydroxylation sites is 2. The lowest BCUT2D eigenvalue weighted by molar-refractivity contribution is 0.0974. The molecule has 0 aliphatic carbocycles. The zero-order chi connectivity index (χ0) is 18.8. The van der Waals surface area contributed by atoms with Crippen molar-refractivity contribution in [1.82, 2.24) is 0 Å². The number of nitrogens with zero attached hydrogens (tertiary/aromatic N) is 1. The van der Waals surface area contributed by atoms with Gasteiger partial charge in [-0.25, -0.2) is 0 Å². The quantitative estimate of drug-likeness (QED) is 0.746. The lowest BCUT2D eigenvalue weighted by atomic mass is 10.0. The van der Waals surface area contributed by atoms with Crippen molar-refractivity contribution in [3.63, 3.8) is 0 Å². The van der Waals surface area contributed by atoms with Gasteiger partial charge < -0.3 is 14.8 Å². The summed E-state index contributed by atoms with van der Waals surface area (Å²) < 4.78 is 11.2. The zero-order valence-electron chi connectivity index (χ0n) is 15.2. The number of hydrogen-bond donors (Lipinski definition) is 1. The van der Waals surface area contributed by atoms with Gasteiger partial charge in [-0.3, -0.25) is 9.69 Å². The van der Waals surface area contributed by atoms with E-state index in [1.54, 1.807) is 19.1 Å². The largest absolute Gasteiger partial charge is 0.496 e. The number of anilines is 2. The third-order valence-electron chi connectivity index (χ3n) is 4.70. The fraction of sp³-hybridized carbons (Fsp3) is 0.136. The number of methoxy groups -OCH3 is 2. The lowest BCUT2D eigenvalue weighted by Gasteiger charge is -2.39. The standard InChI is InChI=1S/C22H20N2O3/c1-26-18-13-8-14-19(27-2)20(18)21-23-17-12-7-6-11-16(17)22(25)24(21)15-9-4-3-5-10-15/h3-14,21,23H,1-2H3. The fourth-order valence-electron chi connectivity index (χ4n) is 3.46. The first-order chi connectivity index (χ1) is 13.2. The number of benzene rings is 3. The number of fused-ring (bicyclic) bond motifs is 1. The Bertz CT molecular complexity index is 950. The second-order valence-electron chi connectivity index (χ2n) is 6.18. The van der Waals surface area contributed by atoms with Crippen LogP contribution >= 0.6 is 0 Å². The second kappa shape index (κ2) is 7.03. The van der Waals surface area contributed by atoms with E-state index in [0.717, 1.165) is 16.9 Å². The molecule has 1 N–H and O–H groups in total. The Labute approximate surface area is 158 Å². The van der Waals surface area contributed by atoms with Crippen molar-refractivity contribution in [1.29, 1.82) is 0 Å². The van der Waals surface area contributed by atoms with Crippen molar-refractivity contribution in [3.05, 3.63) is 83.9 Å². The van der Waals surface area contributed by atoms with Crippen LogP contribution in [0.15, 0.2) is 72.8 Å². The average molecular weight is 360 g/mol. The molecular formula is C22H20N2O3. The van der Waals surface area contributed by atoms with Crippen molar-refractivity contribution in [2.45, 2.75) is 6.17 Å². The second-order valence-corrected chi connectivity index (χ2v) is 6.18. The molecule has 0 aromatic heterocycles. The van der Waals surface area contributed by atoms with Crippen LogP contribution in [-0.4, -0.2) is 20.1 Å². The van der Waals surface area contributed by atoms with Crippen molar-refractivity contribution < 1.29 is 14.3 Å². The van der Waals surface area contributed by atoms with Gasteiger partial charge in [0.1, 0.15) is 17.7 Å². The third kappa shape index (κ3) is 2.87. The van der Waals surface area contributed by atoms with Gasteiger partial charge in [-0.1, -0.05) is 36.4 Å². The summed E-state index contributed by atoms with van der Waals surface area (Å²) in [6.45, 7) is 0. The highest BCUT2D eigenvalue weighted by Crippen LogP contribution is 2.43. The van der Waals surface area contributed by atoms with E-state index in [1.807, 2.05) is 72.8 Å². The van der Waals surface area contributed by atoms with Crippen LogP contribution in [0.4, 0.5) is 11.4 Å². The predicted molar refractivity (Wildman–Crippen MR) is 106 cm³/mol. The van der Waals surface area contributed by atoms with E-state index in [4.69, 9.17) is 9.47 Å². The number of hydrogen-bond acceptors (Lipinski definition) is 4. The summed E-state index contributed by atoms with van der Waals surface area (Å²) in [4.78, 5) is 15.1. The minimum Gasteiger partial charge on any atom is -0.496 e. The zero-order valence-corrected chi connectivity index (χ0v) is 15.2. The lowest BCUT2D eigenvalue weighted by Crippen LogP contribution is -2.43. The molecular weight excluding hydrogens is 340 g/mol. The minimum absolute atomic E-state index is 0.0755. The van der Waals surface area contributed by atoms with Crippen molar-refractivity contribution in [2.24, 2.45) is 0 Å². The first-order valence-corrected chi connectivity index (χ1v) is 8.69. The summed E-state index contributed by atoms with van der Waals surface area (Å²) in [5, 5.41) is 3.49. The maximum absolute atomic E-state index is 13.4. The third-order valence-corrected chi connectivity index (χ3v) is 4.70. The van der Waals surface area contributed by atoms with Crippen LogP contribution in [0.25, 0.3) is 0 Å². The Morgan fingerprint density at radius 2 is 1.44 bits per heavy atom. The number of nitrogens with one attached hydrogen (secondary N) is 1. The predicted octanol–water partition coefficient (Wildman–Crippen LogP) is 4.47. The van der Waals surface area contributed by atoms with Gasteiger partial charge in [-0.05, 0) is 36.4 Å². The van der Waals surface area contributed by atoms with Crippen LogP contribution in [0.5, 0.6) is 11.5 Å². The molecule has 136 valence electrons. The summed E-state index contributed by atoms with van der Waals surface area (Å²) in [6.07, 6.45) is -0.471. The Kier molecular flexibility index (Phi) is 4.42. The number of carbonyl (C=O) groups is 1. The normalized spacial score (nSPS) is 15.7. The molecule has 5 nitrogen and oxygen atoms in total. The van der Waals surface area contributed by atoms with Crippen molar-refractivity contribution in [3.8, 4) is 11.5 Å². The average Bonchev–Trinajstić information content (AvgIpc) is 2.73. The van der Waals surface area contributed by atoms with Gasteiger partial charge in [0.25, 0.3) is 5.91 Å². The van der Waals surface area contributed by atoms with Crippen LogP contribution in [0.3, 0.4) is 0 Å². The summed E-state index contributed by atoms with van der Waals surface area (Å²) >= 11 is 0. The number of amides is 1. The first kappa shape index (κ1) is 17.0. The molecule has 27 heavy (non-hydrogen) atoms. The molecule has 0 fully saturated rings. The Morgan fingerprint density at radius 1 is 0.815 bits per heavy atom. The molecule has 1 heterocycles. The van der Waals surface area contributed by atoms with Crippen LogP contribution in [0.1, 0.15) is 22.1 Å². The number of ether oxygens (including phenoxy) is 2. The van der Waals surface area contributed by atoms with Gasteiger partial charge in [-0.15, -0.1) is 0 Å². The first-order valence-electron chi connectivity index (χ1n) is 8.69. The van der Waals surface area contributed by atoms with E-state index < -0.39 is 6.17 Å². The van der Waals surface area contributed by atoms with Gasteiger partial charge in [0, 0.05) is 11.4 Å². The van der Waals surface area contributed by atoms with Gasteiger partial charge >= 0.3 is 0 Å². The van der Waals surface area contributed by atoms with Gasteiger partial charge in [0.2, 0.25) is 0 Å². The highest BCUT2D eigenvalue weighted by molar-refractivity contribution is 6.12. The maximum Gasteiger partial charge on any atom is 0.262 e. The molecule has 0 radical (unpaired) electrons. The monoisotopic (exact) mass is 360 g/mol. The molecule has 0 spiro atoms. The minimum atomic E-state index is -0.471. The topological polar surface area (TPSA) is 50.8 Å². The molecule has 1 unspecified atom stereocenters. The molecule has 0 saturated carbocycles. The van der Waals surface area contributed by atoms with E-state index in [-0.39, 0.29) is 5.91 Å². The van der Waals surface area contributed by atoms with Gasteiger partial charge in [-0.2, -0.15) is 0 Å². The maximum atomic E-state index is 13.4. The molecule has 0 saturated heterocycles. The SMILES string of the molecule is COc1cccc(OC)c1C1Nc2ccccc2C(=O)N1c1ccccc1. The molecule has 1 aliphatic heterocycles. The molecule has 4 rings (SSSR count). The van der Waals surface area contributed by atoms with E-state index in [1.165, 1.54) is 0 Å². The Morgan fingerprint density at radius 3 is 2.11 bits per heavy atom. The highest BCUT2D eigenvalue weighted by atomic mass is 16.5. The molecule has 1 amide bonds. The molecule has 1 atom stereocenters. The van der Waals surface area contributed by atoms with Crippen LogP contribution in [0, 0.1) is 0 Å². The summed E-state index contributed by atoms with van der Waals surface area (Å²) in [5.74, 6) is 1.23. The number of rotatable bonds is 4. The smallest absolute Gasteiger partial charge is 0.262 e. The summed E-state index contributed by atoms with van der Waals surface area (Å²) in [7, 11) is 3.23. The fourth-order valence-corrected chi connectivity index (χ4v) is 3.46. The molecule has 1 aliphatic rings. The van der Waals surface area contributed by atoms with Crippen LogP contribution < -0.4 is 19.7 Å². The van der Waals surface area contributed by atoms with E-state index in [2.05, 4.69) is 5.32 Å². The van der Waals surface area contributed by atoms with Crippen molar-refractivity contribution >= 4 is 17.3 Å². The van der Waals surface area contributed by atoms with Crippen LogP contribution in [-0.2, 0) is 0 Å².